The highest BCUT2D eigenvalue weighted by atomic mass is 19.1. The number of amides is 1. The summed E-state index contributed by atoms with van der Waals surface area (Å²) in [6.45, 7) is 1.13. The molecule has 0 saturated heterocycles. The molecular formula is C25H24F2N4O2. The lowest BCUT2D eigenvalue weighted by atomic mass is 10.1. The molecule has 0 atom stereocenters. The Morgan fingerprint density at radius 3 is 2.82 bits per heavy atom. The number of fused-ring (bicyclic) bond motifs is 1. The quantitative estimate of drug-likeness (QED) is 0.392. The molecule has 2 aromatic carbocycles. The number of hydrogen-bond donors (Lipinski definition) is 2. The van der Waals surface area contributed by atoms with E-state index in [4.69, 9.17) is 4.42 Å². The number of nitrogens with zero attached hydrogens (tertiary/aromatic N) is 2. The van der Waals surface area contributed by atoms with Crippen LogP contribution >= 0.6 is 0 Å². The van der Waals surface area contributed by atoms with E-state index in [9.17, 15) is 13.6 Å². The molecule has 6 nitrogen and oxygen atoms in total. The molecule has 8 heteroatoms. The van der Waals surface area contributed by atoms with Crippen LogP contribution in [-0.2, 0) is 19.5 Å². The summed E-state index contributed by atoms with van der Waals surface area (Å²) in [6, 6.07) is 11.9. The molecule has 170 valence electrons. The fourth-order valence-electron chi connectivity index (χ4n) is 3.89. The number of benzene rings is 2. The minimum atomic E-state index is -0.611. The van der Waals surface area contributed by atoms with Gasteiger partial charge in [0.1, 0.15) is 17.9 Å². The van der Waals surface area contributed by atoms with Gasteiger partial charge in [-0.2, -0.15) is 0 Å². The highest BCUT2D eigenvalue weighted by molar-refractivity contribution is 5.92. The van der Waals surface area contributed by atoms with Crippen LogP contribution in [0.1, 0.15) is 40.3 Å². The van der Waals surface area contributed by atoms with Crippen molar-refractivity contribution in [2.24, 2.45) is 0 Å². The van der Waals surface area contributed by atoms with Crippen molar-refractivity contribution in [2.75, 3.05) is 6.54 Å². The van der Waals surface area contributed by atoms with Crippen LogP contribution in [0.3, 0.4) is 0 Å². The Hall–Kier alpha value is -3.52. The number of carbonyl (C=O) groups is 1. The second kappa shape index (κ2) is 9.15. The first kappa shape index (κ1) is 21.3. The summed E-state index contributed by atoms with van der Waals surface area (Å²) < 4.78 is 33.3. The molecule has 1 aliphatic carbocycles. The Labute approximate surface area is 189 Å². The Kier molecular flexibility index (Phi) is 5.92. The van der Waals surface area contributed by atoms with Crippen molar-refractivity contribution in [3.05, 3.63) is 89.3 Å². The SMILES string of the molecule is O=C(NC1CC1)c1coc(CN(CCc2c[nH]c3ccccc23)Cc2ccc(F)cc2F)n1. The normalized spacial score (nSPS) is 13.7. The van der Waals surface area contributed by atoms with Crippen molar-refractivity contribution in [3.8, 4) is 0 Å². The molecule has 1 amide bonds. The van der Waals surface area contributed by atoms with Crippen molar-refractivity contribution in [1.82, 2.24) is 20.2 Å². The van der Waals surface area contributed by atoms with E-state index in [1.54, 1.807) is 0 Å². The van der Waals surface area contributed by atoms with E-state index >= 15 is 0 Å². The van der Waals surface area contributed by atoms with Crippen molar-refractivity contribution in [2.45, 2.75) is 38.4 Å². The molecule has 0 unspecified atom stereocenters. The summed E-state index contributed by atoms with van der Waals surface area (Å²) >= 11 is 0. The van der Waals surface area contributed by atoms with E-state index in [0.717, 1.165) is 35.4 Å². The van der Waals surface area contributed by atoms with Crippen molar-refractivity contribution < 1.29 is 18.0 Å². The van der Waals surface area contributed by atoms with Gasteiger partial charge in [0.05, 0.1) is 6.54 Å². The molecule has 1 aliphatic rings. The molecule has 0 bridgehead atoms. The topological polar surface area (TPSA) is 74.2 Å². The van der Waals surface area contributed by atoms with Crippen LogP contribution in [0, 0.1) is 11.6 Å². The van der Waals surface area contributed by atoms with Crippen LogP contribution in [0.5, 0.6) is 0 Å². The van der Waals surface area contributed by atoms with E-state index in [1.807, 2.05) is 29.3 Å². The number of rotatable bonds is 9. The van der Waals surface area contributed by atoms with Gasteiger partial charge in [0.2, 0.25) is 5.89 Å². The largest absolute Gasteiger partial charge is 0.447 e. The van der Waals surface area contributed by atoms with E-state index < -0.39 is 11.6 Å². The summed E-state index contributed by atoms with van der Waals surface area (Å²) in [7, 11) is 0. The average molecular weight is 450 g/mol. The van der Waals surface area contributed by atoms with Gasteiger partial charge in [0, 0.05) is 47.9 Å². The van der Waals surface area contributed by atoms with E-state index in [-0.39, 0.29) is 30.7 Å². The minimum Gasteiger partial charge on any atom is -0.447 e. The van der Waals surface area contributed by atoms with Crippen molar-refractivity contribution in [3.63, 3.8) is 0 Å². The van der Waals surface area contributed by atoms with Crippen LogP contribution in [0.4, 0.5) is 8.78 Å². The zero-order valence-corrected chi connectivity index (χ0v) is 18.0. The number of aromatic amines is 1. The molecule has 2 heterocycles. The first-order valence-electron chi connectivity index (χ1n) is 11.0. The number of halogens is 2. The van der Waals surface area contributed by atoms with Gasteiger partial charge in [-0.15, -0.1) is 0 Å². The van der Waals surface area contributed by atoms with Crippen LogP contribution in [-0.4, -0.2) is 33.4 Å². The van der Waals surface area contributed by atoms with Crippen LogP contribution in [0.15, 0.2) is 59.3 Å². The van der Waals surface area contributed by atoms with Gasteiger partial charge in [0.25, 0.3) is 5.91 Å². The minimum absolute atomic E-state index is 0.228. The number of para-hydroxylation sites is 1. The summed E-state index contributed by atoms with van der Waals surface area (Å²) in [5.74, 6) is -1.08. The molecule has 1 fully saturated rings. The van der Waals surface area contributed by atoms with Gasteiger partial charge in [-0.05, 0) is 37.0 Å². The third-order valence-electron chi connectivity index (χ3n) is 5.84. The molecule has 1 saturated carbocycles. The maximum absolute atomic E-state index is 14.3. The summed E-state index contributed by atoms with van der Waals surface area (Å²) in [5.41, 5.74) is 2.82. The molecule has 2 N–H and O–H groups in total. The highest BCUT2D eigenvalue weighted by Gasteiger charge is 2.25. The number of carbonyl (C=O) groups excluding carboxylic acids is 1. The number of oxazole rings is 1. The molecule has 2 aromatic heterocycles. The Bertz CT molecular complexity index is 1280. The molecule has 4 aromatic rings. The van der Waals surface area contributed by atoms with Gasteiger partial charge >= 0.3 is 0 Å². The van der Waals surface area contributed by atoms with E-state index in [1.165, 1.54) is 18.4 Å². The molecule has 5 rings (SSSR count). The van der Waals surface area contributed by atoms with Gasteiger partial charge in [-0.3, -0.25) is 9.69 Å². The fraction of sp³-hybridized carbons (Fsp3) is 0.280. The predicted molar refractivity (Wildman–Crippen MR) is 119 cm³/mol. The lowest BCUT2D eigenvalue weighted by molar-refractivity contribution is 0.0946. The number of nitrogens with one attached hydrogen (secondary N) is 2. The van der Waals surface area contributed by atoms with Crippen LogP contribution < -0.4 is 5.32 Å². The monoisotopic (exact) mass is 450 g/mol. The lowest BCUT2D eigenvalue weighted by Gasteiger charge is -2.21. The van der Waals surface area contributed by atoms with Gasteiger partial charge < -0.3 is 14.7 Å². The smallest absolute Gasteiger partial charge is 0.273 e. The molecule has 0 radical (unpaired) electrons. The summed E-state index contributed by atoms with van der Waals surface area (Å²) in [5, 5.41) is 4.03. The van der Waals surface area contributed by atoms with Gasteiger partial charge in [-0.25, -0.2) is 13.8 Å². The number of H-pyrrole nitrogens is 1. The Morgan fingerprint density at radius 2 is 2.00 bits per heavy atom. The van der Waals surface area contributed by atoms with Crippen LogP contribution in [0.2, 0.25) is 0 Å². The van der Waals surface area contributed by atoms with E-state index in [2.05, 4.69) is 21.4 Å². The summed E-state index contributed by atoms with van der Waals surface area (Å²) in [4.78, 5) is 21.8. The van der Waals surface area contributed by atoms with Gasteiger partial charge in [-0.1, -0.05) is 24.3 Å². The fourth-order valence-corrected chi connectivity index (χ4v) is 3.89. The molecule has 33 heavy (non-hydrogen) atoms. The predicted octanol–water partition coefficient (Wildman–Crippen LogP) is 4.57. The zero-order chi connectivity index (χ0) is 22.8. The third-order valence-corrected chi connectivity index (χ3v) is 5.84. The first-order valence-corrected chi connectivity index (χ1v) is 11.0. The Balaban J connectivity index is 1.32. The van der Waals surface area contributed by atoms with Crippen LogP contribution in [0.25, 0.3) is 10.9 Å². The number of hydrogen-bond acceptors (Lipinski definition) is 4. The summed E-state index contributed by atoms with van der Waals surface area (Å²) in [6.07, 6.45) is 6.02. The molecule has 0 aliphatic heterocycles. The zero-order valence-electron chi connectivity index (χ0n) is 18.0. The first-order chi connectivity index (χ1) is 16.0. The Morgan fingerprint density at radius 1 is 1.15 bits per heavy atom. The highest BCUT2D eigenvalue weighted by Crippen LogP contribution is 2.21. The van der Waals surface area contributed by atoms with E-state index in [0.29, 0.717) is 24.4 Å². The average Bonchev–Trinajstić information content (AvgIpc) is 3.33. The number of aromatic nitrogens is 2. The van der Waals surface area contributed by atoms with Gasteiger partial charge in [0.15, 0.2) is 5.69 Å². The van der Waals surface area contributed by atoms with Crippen molar-refractivity contribution >= 4 is 16.8 Å². The van der Waals surface area contributed by atoms with Crippen molar-refractivity contribution in [1.29, 1.82) is 0 Å². The third kappa shape index (κ3) is 5.12. The maximum atomic E-state index is 14.3. The second-order valence-corrected chi connectivity index (χ2v) is 8.43. The lowest BCUT2D eigenvalue weighted by Crippen LogP contribution is -2.27. The molecular weight excluding hydrogens is 426 g/mol. The maximum Gasteiger partial charge on any atom is 0.273 e. The standard InChI is InChI=1S/C25H24F2N4O2/c26-18-6-5-17(21(27)11-18)13-31(10-9-16-12-28-22-4-2-1-3-20(16)22)14-24-30-23(15-33-24)25(32)29-19-7-8-19/h1-6,11-12,15,19,28H,7-10,13-14H2,(H,29,32). The molecule has 0 spiro atoms. The second-order valence-electron chi connectivity index (χ2n) is 8.43.